The molecule has 3 rings (SSSR count). The zero-order chi connectivity index (χ0) is 22.8. The van der Waals surface area contributed by atoms with Gasteiger partial charge in [0.15, 0.2) is 4.90 Å². The standard InChI is InChI=1S/C24H28N2O4S/c1-6-20(18-13-9-7-10-14-18)23(27)30-22-21(17(2)25-26(22)24(3,4)5)31(28,29)19-15-11-8-12-16-19/h7-16,20H,6H2,1-5H3. The molecule has 164 valence electrons. The van der Waals surface area contributed by atoms with Gasteiger partial charge in [-0.1, -0.05) is 55.5 Å². The van der Waals surface area contributed by atoms with Crippen LogP contribution in [0.2, 0.25) is 0 Å². The number of rotatable bonds is 6. The molecule has 0 spiro atoms. The van der Waals surface area contributed by atoms with Crippen molar-refractivity contribution in [2.45, 2.75) is 62.3 Å². The van der Waals surface area contributed by atoms with Gasteiger partial charge in [-0.2, -0.15) is 5.10 Å². The molecule has 2 aromatic carbocycles. The summed E-state index contributed by atoms with van der Waals surface area (Å²) in [6.07, 6.45) is 0.520. The van der Waals surface area contributed by atoms with Crippen LogP contribution in [0.5, 0.6) is 5.88 Å². The third-order valence-electron chi connectivity index (χ3n) is 5.01. The zero-order valence-corrected chi connectivity index (χ0v) is 19.3. The predicted octanol–water partition coefficient (Wildman–Crippen LogP) is 4.88. The van der Waals surface area contributed by atoms with Crippen molar-refractivity contribution in [3.63, 3.8) is 0 Å². The second kappa shape index (κ2) is 8.67. The van der Waals surface area contributed by atoms with Crippen LogP contribution in [0, 0.1) is 6.92 Å². The summed E-state index contributed by atoms with van der Waals surface area (Å²) < 4.78 is 34.2. The smallest absolute Gasteiger partial charge is 0.320 e. The lowest BCUT2D eigenvalue weighted by atomic mass is 9.97. The molecule has 1 aromatic heterocycles. The quantitative estimate of drug-likeness (QED) is 0.511. The topological polar surface area (TPSA) is 78.3 Å². The van der Waals surface area contributed by atoms with E-state index in [0.29, 0.717) is 6.42 Å². The van der Waals surface area contributed by atoms with Crippen LogP contribution in [-0.2, 0) is 20.2 Å². The van der Waals surface area contributed by atoms with Gasteiger partial charge in [0.1, 0.15) is 0 Å². The summed E-state index contributed by atoms with van der Waals surface area (Å²) in [4.78, 5) is 13.2. The van der Waals surface area contributed by atoms with Crippen LogP contribution < -0.4 is 4.74 Å². The third kappa shape index (κ3) is 4.56. The molecule has 6 nitrogen and oxygen atoms in total. The molecule has 0 aliphatic carbocycles. The van der Waals surface area contributed by atoms with Crippen LogP contribution in [-0.4, -0.2) is 24.2 Å². The predicted molar refractivity (Wildman–Crippen MR) is 119 cm³/mol. The van der Waals surface area contributed by atoms with E-state index in [4.69, 9.17) is 4.74 Å². The average molecular weight is 441 g/mol. The third-order valence-corrected chi connectivity index (χ3v) is 6.92. The van der Waals surface area contributed by atoms with Crippen LogP contribution >= 0.6 is 0 Å². The number of hydrogen-bond acceptors (Lipinski definition) is 5. The molecule has 0 amide bonds. The van der Waals surface area contributed by atoms with E-state index in [1.54, 1.807) is 25.1 Å². The SMILES string of the molecule is CCC(C(=O)Oc1c(S(=O)(=O)c2ccccc2)c(C)nn1C(C)(C)C)c1ccccc1. The van der Waals surface area contributed by atoms with Crippen LogP contribution in [0.25, 0.3) is 0 Å². The van der Waals surface area contributed by atoms with Gasteiger partial charge < -0.3 is 4.74 Å². The van der Waals surface area contributed by atoms with Gasteiger partial charge in [-0.15, -0.1) is 0 Å². The summed E-state index contributed by atoms with van der Waals surface area (Å²) in [6.45, 7) is 9.15. The second-order valence-corrected chi connectivity index (χ2v) is 10.3. The molecular formula is C24H28N2O4S. The van der Waals surface area contributed by atoms with E-state index in [9.17, 15) is 13.2 Å². The molecule has 0 saturated heterocycles. The molecule has 0 radical (unpaired) electrons. The van der Waals surface area contributed by atoms with E-state index >= 15 is 0 Å². The number of carbonyl (C=O) groups is 1. The van der Waals surface area contributed by atoms with Crippen LogP contribution in [0.3, 0.4) is 0 Å². The molecule has 7 heteroatoms. The number of ether oxygens (including phenoxy) is 1. The molecule has 0 N–H and O–H groups in total. The summed E-state index contributed by atoms with van der Waals surface area (Å²) in [5.74, 6) is -1.08. The van der Waals surface area contributed by atoms with Crippen LogP contribution in [0.15, 0.2) is 70.5 Å². The minimum Gasteiger partial charge on any atom is -0.406 e. The first-order valence-electron chi connectivity index (χ1n) is 10.2. The van der Waals surface area contributed by atoms with Gasteiger partial charge in [0.25, 0.3) is 0 Å². The summed E-state index contributed by atoms with van der Waals surface area (Å²) >= 11 is 0. The number of sulfone groups is 1. The first-order valence-corrected chi connectivity index (χ1v) is 11.7. The van der Waals surface area contributed by atoms with E-state index in [0.717, 1.165) is 5.56 Å². The molecule has 0 saturated carbocycles. The van der Waals surface area contributed by atoms with Crippen molar-refractivity contribution in [3.05, 3.63) is 71.9 Å². The normalized spacial score (nSPS) is 13.1. The van der Waals surface area contributed by atoms with Gasteiger partial charge in [0, 0.05) is 0 Å². The summed E-state index contributed by atoms with van der Waals surface area (Å²) in [5.41, 5.74) is 0.509. The van der Waals surface area contributed by atoms with Crippen molar-refractivity contribution in [2.24, 2.45) is 0 Å². The van der Waals surface area contributed by atoms with E-state index in [1.165, 1.54) is 16.8 Å². The highest BCUT2D eigenvalue weighted by Crippen LogP contribution is 2.37. The van der Waals surface area contributed by atoms with Gasteiger partial charge in [0.05, 0.1) is 22.0 Å². The Bertz CT molecular complexity index is 1160. The van der Waals surface area contributed by atoms with Crippen molar-refractivity contribution in [3.8, 4) is 5.88 Å². The maximum Gasteiger partial charge on any atom is 0.320 e. The first kappa shape index (κ1) is 22.7. The Morgan fingerprint density at radius 2 is 1.58 bits per heavy atom. The second-order valence-electron chi connectivity index (χ2n) is 8.41. The average Bonchev–Trinajstić information content (AvgIpc) is 3.07. The minimum atomic E-state index is -3.94. The maximum atomic E-state index is 13.5. The Morgan fingerprint density at radius 3 is 2.10 bits per heavy atom. The Balaban J connectivity index is 2.14. The van der Waals surface area contributed by atoms with Crippen LogP contribution in [0.4, 0.5) is 0 Å². The minimum absolute atomic E-state index is 0.0479. The fourth-order valence-corrected chi connectivity index (χ4v) is 4.99. The van der Waals surface area contributed by atoms with Gasteiger partial charge in [-0.3, -0.25) is 4.79 Å². The highest BCUT2D eigenvalue weighted by atomic mass is 32.2. The first-order chi connectivity index (χ1) is 14.6. The summed E-state index contributed by atoms with van der Waals surface area (Å²) in [5, 5.41) is 4.44. The van der Waals surface area contributed by atoms with Crippen molar-refractivity contribution < 1.29 is 17.9 Å². The van der Waals surface area contributed by atoms with Crippen molar-refractivity contribution in [1.29, 1.82) is 0 Å². The zero-order valence-electron chi connectivity index (χ0n) is 18.5. The molecule has 0 bridgehead atoms. The number of benzene rings is 2. The molecule has 1 unspecified atom stereocenters. The molecule has 0 fully saturated rings. The maximum absolute atomic E-state index is 13.5. The Hall–Kier alpha value is -2.93. The lowest BCUT2D eigenvalue weighted by Crippen LogP contribution is -2.27. The Morgan fingerprint density at radius 1 is 1.03 bits per heavy atom. The van der Waals surface area contributed by atoms with Gasteiger partial charge in [-0.25, -0.2) is 13.1 Å². The van der Waals surface area contributed by atoms with Crippen molar-refractivity contribution in [2.75, 3.05) is 0 Å². The fraction of sp³-hybridized carbons (Fsp3) is 0.333. The molecule has 3 aromatic rings. The largest absolute Gasteiger partial charge is 0.406 e. The van der Waals surface area contributed by atoms with E-state index in [-0.39, 0.29) is 21.4 Å². The Labute approximate surface area is 183 Å². The molecule has 1 atom stereocenters. The number of hydrogen-bond donors (Lipinski definition) is 0. The Kier molecular flexibility index (Phi) is 6.36. The number of nitrogens with zero attached hydrogens (tertiary/aromatic N) is 2. The summed E-state index contributed by atoms with van der Waals surface area (Å²) in [7, 11) is -3.94. The molecule has 0 aliphatic rings. The lowest BCUT2D eigenvalue weighted by Gasteiger charge is -2.23. The molecule has 1 heterocycles. The number of aryl methyl sites for hydroxylation is 1. The van der Waals surface area contributed by atoms with Gasteiger partial charge >= 0.3 is 5.97 Å². The van der Waals surface area contributed by atoms with E-state index in [1.807, 2.05) is 58.0 Å². The van der Waals surface area contributed by atoms with E-state index < -0.39 is 27.3 Å². The fourth-order valence-electron chi connectivity index (χ4n) is 3.45. The number of aromatic nitrogens is 2. The summed E-state index contributed by atoms with van der Waals surface area (Å²) in [6, 6.07) is 17.4. The monoisotopic (exact) mass is 440 g/mol. The van der Waals surface area contributed by atoms with Crippen molar-refractivity contribution >= 4 is 15.8 Å². The molecule has 31 heavy (non-hydrogen) atoms. The van der Waals surface area contributed by atoms with E-state index in [2.05, 4.69) is 5.10 Å². The van der Waals surface area contributed by atoms with Crippen LogP contribution in [0.1, 0.15) is 51.3 Å². The number of esters is 1. The van der Waals surface area contributed by atoms with Gasteiger partial charge in [0.2, 0.25) is 15.7 Å². The number of carbonyl (C=O) groups excluding carboxylic acids is 1. The highest BCUT2D eigenvalue weighted by molar-refractivity contribution is 7.91. The van der Waals surface area contributed by atoms with Crippen molar-refractivity contribution in [1.82, 2.24) is 9.78 Å². The molecule has 0 aliphatic heterocycles. The van der Waals surface area contributed by atoms with Gasteiger partial charge in [-0.05, 0) is 51.8 Å². The highest BCUT2D eigenvalue weighted by Gasteiger charge is 2.35. The lowest BCUT2D eigenvalue weighted by molar-refractivity contribution is -0.137. The molecular weight excluding hydrogens is 412 g/mol.